The quantitative estimate of drug-likeness (QED) is 0.893. The smallest absolute Gasteiger partial charge is 0.240 e. The van der Waals surface area contributed by atoms with Crippen molar-refractivity contribution < 1.29 is 9.32 Å². The minimum absolute atomic E-state index is 0.0698. The summed E-state index contributed by atoms with van der Waals surface area (Å²) >= 11 is 0. The SMILES string of the molecule is Cc1cc(NC(=O)CN2CCCC(Cn3nc(C)nc3C)C2)on1. The molecule has 24 heavy (non-hydrogen) atoms. The summed E-state index contributed by atoms with van der Waals surface area (Å²) in [5.41, 5.74) is 0.752. The lowest BCUT2D eigenvalue weighted by Crippen LogP contribution is -2.41. The van der Waals surface area contributed by atoms with Crippen molar-refractivity contribution in [3.05, 3.63) is 23.4 Å². The third-order valence-corrected chi connectivity index (χ3v) is 4.25. The van der Waals surface area contributed by atoms with E-state index in [9.17, 15) is 4.79 Å². The Morgan fingerprint density at radius 1 is 1.42 bits per heavy atom. The minimum Gasteiger partial charge on any atom is -0.338 e. The monoisotopic (exact) mass is 332 g/mol. The van der Waals surface area contributed by atoms with Gasteiger partial charge in [-0.1, -0.05) is 5.16 Å². The van der Waals surface area contributed by atoms with Gasteiger partial charge in [-0.3, -0.25) is 15.0 Å². The van der Waals surface area contributed by atoms with Crippen LogP contribution < -0.4 is 5.32 Å². The van der Waals surface area contributed by atoms with Crippen molar-refractivity contribution in [1.82, 2.24) is 24.8 Å². The Bertz CT molecular complexity index is 707. The predicted octanol–water partition coefficient (Wildman–Crippen LogP) is 1.54. The third-order valence-electron chi connectivity index (χ3n) is 4.25. The molecule has 1 aliphatic heterocycles. The normalized spacial score (nSPS) is 18.7. The number of hydrogen-bond acceptors (Lipinski definition) is 6. The molecular weight excluding hydrogens is 308 g/mol. The van der Waals surface area contributed by atoms with E-state index in [-0.39, 0.29) is 5.91 Å². The molecule has 0 aliphatic carbocycles. The maximum absolute atomic E-state index is 12.1. The highest BCUT2D eigenvalue weighted by Gasteiger charge is 2.23. The van der Waals surface area contributed by atoms with Gasteiger partial charge in [-0.05, 0) is 46.1 Å². The average molecular weight is 332 g/mol. The van der Waals surface area contributed by atoms with E-state index in [0.717, 1.165) is 49.8 Å². The fourth-order valence-corrected chi connectivity index (χ4v) is 3.23. The van der Waals surface area contributed by atoms with Crippen LogP contribution in [0.3, 0.4) is 0 Å². The highest BCUT2D eigenvalue weighted by Crippen LogP contribution is 2.19. The standard InChI is InChI=1S/C16H24N6O2/c1-11-7-16(24-20-11)18-15(23)10-21-6-4-5-14(8-21)9-22-13(3)17-12(2)19-22/h7,14H,4-6,8-10H2,1-3H3,(H,18,23). The summed E-state index contributed by atoms with van der Waals surface area (Å²) in [6.07, 6.45) is 2.24. The first-order valence-electron chi connectivity index (χ1n) is 8.33. The fourth-order valence-electron chi connectivity index (χ4n) is 3.23. The molecule has 0 radical (unpaired) electrons. The summed E-state index contributed by atoms with van der Waals surface area (Å²) in [6, 6.07) is 1.72. The van der Waals surface area contributed by atoms with Crippen LogP contribution in [0.15, 0.2) is 10.6 Å². The van der Waals surface area contributed by atoms with Crippen molar-refractivity contribution >= 4 is 11.8 Å². The maximum Gasteiger partial charge on any atom is 0.240 e. The van der Waals surface area contributed by atoms with Crippen molar-refractivity contribution in [2.75, 3.05) is 25.0 Å². The zero-order valence-electron chi connectivity index (χ0n) is 14.4. The van der Waals surface area contributed by atoms with Gasteiger partial charge in [0.05, 0.1) is 12.2 Å². The van der Waals surface area contributed by atoms with Crippen LogP contribution in [0.2, 0.25) is 0 Å². The fraction of sp³-hybridized carbons (Fsp3) is 0.625. The van der Waals surface area contributed by atoms with Gasteiger partial charge < -0.3 is 4.52 Å². The Balaban J connectivity index is 1.51. The van der Waals surface area contributed by atoms with Crippen molar-refractivity contribution in [2.45, 2.75) is 40.2 Å². The third kappa shape index (κ3) is 4.19. The summed E-state index contributed by atoms with van der Waals surface area (Å²) in [5, 5.41) is 11.0. The number of rotatable bonds is 5. The van der Waals surface area contributed by atoms with Crippen LogP contribution in [0, 0.1) is 26.7 Å². The molecule has 8 heteroatoms. The molecule has 2 aromatic heterocycles. The number of anilines is 1. The second-order valence-corrected chi connectivity index (χ2v) is 6.51. The highest BCUT2D eigenvalue weighted by molar-refractivity contribution is 5.90. The second-order valence-electron chi connectivity index (χ2n) is 6.51. The molecule has 1 N–H and O–H groups in total. The first-order valence-corrected chi connectivity index (χ1v) is 8.33. The molecule has 3 rings (SSSR count). The summed E-state index contributed by atoms with van der Waals surface area (Å²) < 4.78 is 6.99. The topological polar surface area (TPSA) is 89.1 Å². The van der Waals surface area contributed by atoms with E-state index in [4.69, 9.17) is 4.52 Å². The lowest BCUT2D eigenvalue weighted by Gasteiger charge is -2.32. The molecule has 1 amide bonds. The van der Waals surface area contributed by atoms with E-state index in [0.29, 0.717) is 18.3 Å². The number of piperidine rings is 1. The van der Waals surface area contributed by atoms with Crippen molar-refractivity contribution in [3.8, 4) is 0 Å². The van der Waals surface area contributed by atoms with Gasteiger partial charge in [0.2, 0.25) is 11.8 Å². The van der Waals surface area contributed by atoms with Crippen molar-refractivity contribution in [1.29, 1.82) is 0 Å². The minimum atomic E-state index is -0.0698. The number of carbonyl (C=O) groups excluding carboxylic acids is 1. The lowest BCUT2D eigenvalue weighted by molar-refractivity contribution is -0.117. The number of carbonyl (C=O) groups is 1. The zero-order chi connectivity index (χ0) is 17.1. The summed E-state index contributed by atoms with van der Waals surface area (Å²) in [5.74, 6) is 2.57. The molecule has 1 unspecified atom stereocenters. The van der Waals surface area contributed by atoms with Gasteiger partial charge >= 0.3 is 0 Å². The van der Waals surface area contributed by atoms with Crippen LogP contribution in [-0.4, -0.2) is 50.4 Å². The molecule has 1 atom stereocenters. The Morgan fingerprint density at radius 2 is 2.25 bits per heavy atom. The maximum atomic E-state index is 12.1. The van der Waals surface area contributed by atoms with Gasteiger partial charge in [-0.25, -0.2) is 9.67 Å². The predicted molar refractivity (Wildman–Crippen MR) is 88.5 cm³/mol. The van der Waals surface area contributed by atoms with E-state index in [1.807, 2.05) is 25.5 Å². The number of aromatic nitrogens is 4. The molecule has 1 aliphatic rings. The van der Waals surface area contributed by atoms with Crippen LogP contribution in [0.1, 0.15) is 30.2 Å². The zero-order valence-corrected chi connectivity index (χ0v) is 14.4. The van der Waals surface area contributed by atoms with Gasteiger partial charge in [-0.15, -0.1) is 0 Å². The Kier molecular flexibility index (Phi) is 4.94. The van der Waals surface area contributed by atoms with Gasteiger partial charge in [-0.2, -0.15) is 5.10 Å². The van der Waals surface area contributed by atoms with Gasteiger partial charge in [0, 0.05) is 19.2 Å². The molecule has 0 spiro atoms. The van der Waals surface area contributed by atoms with E-state index in [1.54, 1.807) is 6.07 Å². The summed E-state index contributed by atoms with van der Waals surface area (Å²) in [7, 11) is 0. The molecule has 1 fully saturated rings. The van der Waals surface area contributed by atoms with E-state index in [1.165, 1.54) is 0 Å². The van der Waals surface area contributed by atoms with Crippen LogP contribution in [0.25, 0.3) is 0 Å². The highest BCUT2D eigenvalue weighted by atomic mass is 16.5. The van der Waals surface area contributed by atoms with E-state index >= 15 is 0 Å². The number of aryl methyl sites for hydroxylation is 3. The van der Waals surface area contributed by atoms with Crippen molar-refractivity contribution in [3.63, 3.8) is 0 Å². The molecule has 2 aromatic rings. The van der Waals surface area contributed by atoms with E-state index < -0.39 is 0 Å². The van der Waals surface area contributed by atoms with Crippen LogP contribution in [-0.2, 0) is 11.3 Å². The number of hydrogen-bond donors (Lipinski definition) is 1. The summed E-state index contributed by atoms with van der Waals surface area (Å²) in [6.45, 7) is 8.76. The molecule has 8 nitrogen and oxygen atoms in total. The Hall–Kier alpha value is -2.22. The molecule has 1 saturated heterocycles. The van der Waals surface area contributed by atoms with Crippen LogP contribution in [0.4, 0.5) is 5.88 Å². The molecule has 3 heterocycles. The molecule has 130 valence electrons. The van der Waals surface area contributed by atoms with Gasteiger partial charge in [0.15, 0.2) is 0 Å². The summed E-state index contributed by atoms with van der Waals surface area (Å²) in [4.78, 5) is 18.7. The number of amides is 1. The number of nitrogens with zero attached hydrogens (tertiary/aromatic N) is 5. The molecule has 0 saturated carbocycles. The van der Waals surface area contributed by atoms with Crippen molar-refractivity contribution in [2.24, 2.45) is 5.92 Å². The number of nitrogens with one attached hydrogen (secondary N) is 1. The molecular formula is C16H24N6O2. The Labute approximate surface area is 141 Å². The molecule has 0 aromatic carbocycles. The second kappa shape index (κ2) is 7.12. The van der Waals surface area contributed by atoms with Gasteiger partial charge in [0.25, 0.3) is 0 Å². The Morgan fingerprint density at radius 3 is 2.92 bits per heavy atom. The first kappa shape index (κ1) is 16.6. The largest absolute Gasteiger partial charge is 0.338 e. The van der Waals surface area contributed by atoms with Gasteiger partial charge in [0.1, 0.15) is 11.6 Å². The van der Waals surface area contributed by atoms with Crippen LogP contribution in [0.5, 0.6) is 0 Å². The average Bonchev–Trinajstić information content (AvgIpc) is 3.05. The molecule has 0 bridgehead atoms. The number of likely N-dealkylation sites (tertiary alicyclic amines) is 1. The van der Waals surface area contributed by atoms with E-state index in [2.05, 4.69) is 25.5 Å². The first-order chi connectivity index (χ1) is 11.5. The van der Waals surface area contributed by atoms with Crippen LogP contribution >= 0.6 is 0 Å². The lowest BCUT2D eigenvalue weighted by atomic mass is 9.98.